The number of piperidine rings is 1. The van der Waals surface area contributed by atoms with Gasteiger partial charge in [-0.2, -0.15) is 13.5 Å². The lowest BCUT2D eigenvalue weighted by molar-refractivity contribution is -0.117. The molecule has 2 saturated heterocycles. The number of pyridine rings is 1. The molecule has 2 aliphatic heterocycles. The zero-order valence-corrected chi connectivity index (χ0v) is 24.7. The van der Waals surface area contributed by atoms with Crippen LogP contribution in [0.1, 0.15) is 61.9 Å². The number of carbonyl (C=O) groups is 3. The third-order valence-corrected chi connectivity index (χ3v) is 7.49. The van der Waals surface area contributed by atoms with Gasteiger partial charge in [-0.15, -0.1) is 0 Å². The minimum atomic E-state index is -0.613. The first-order valence-corrected chi connectivity index (χ1v) is 13.8. The molecule has 10 heteroatoms. The zero-order chi connectivity index (χ0) is 28.4. The Morgan fingerprint density at radius 1 is 1.10 bits per heavy atom. The molecule has 1 N–H and O–H groups in total. The number of anilines is 1. The van der Waals surface area contributed by atoms with Gasteiger partial charge in [0.15, 0.2) is 0 Å². The van der Waals surface area contributed by atoms with Gasteiger partial charge in [-0.05, 0) is 80.8 Å². The van der Waals surface area contributed by atoms with E-state index in [-0.39, 0.29) is 49.3 Å². The first-order valence-electron chi connectivity index (χ1n) is 13.8. The molecule has 8 nitrogen and oxygen atoms in total. The number of likely N-dealkylation sites (tertiary alicyclic amines) is 1. The topological polar surface area (TPSA) is 91.8 Å². The van der Waals surface area contributed by atoms with Crippen molar-refractivity contribution >= 4 is 47.9 Å². The number of aromatic nitrogens is 1. The Labute approximate surface area is 246 Å². The van der Waals surface area contributed by atoms with Crippen LogP contribution in [0.25, 0.3) is 10.8 Å². The van der Waals surface area contributed by atoms with Crippen LogP contribution in [-0.4, -0.2) is 59.6 Å². The van der Waals surface area contributed by atoms with Crippen LogP contribution in [0.15, 0.2) is 54.9 Å². The van der Waals surface area contributed by atoms with Gasteiger partial charge in [0, 0.05) is 62.0 Å². The van der Waals surface area contributed by atoms with Gasteiger partial charge in [0.05, 0.1) is 5.56 Å². The maximum Gasteiger partial charge on any atom is 0.410 e. The third-order valence-electron chi connectivity index (χ3n) is 7.49. The Kier molecular flexibility index (Phi) is 9.21. The number of nitrogens with zero attached hydrogens (tertiary/aromatic N) is 3. The molecular formula is C31H37FN4O4S. The highest BCUT2D eigenvalue weighted by Crippen LogP contribution is 2.33. The second kappa shape index (κ2) is 12.5. The molecule has 3 heterocycles. The second-order valence-electron chi connectivity index (χ2n) is 11.7. The first kappa shape index (κ1) is 30.3. The molecule has 3 aromatic rings. The fourth-order valence-electron chi connectivity index (χ4n) is 5.44. The summed E-state index contributed by atoms with van der Waals surface area (Å²) in [7, 11) is 0. The highest BCUT2D eigenvalue weighted by molar-refractivity contribution is 7.59. The van der Waals surface area contributed by atoms with E-state index in [4.69, 9.17) is 4.74 Å². The smallest absolute Gasteiger partial charge is 0.410 e. The molecule has 3 amide bonds. The summed E-state index contributed by atoms with van der Waals surface area (Å²) in [4.78, 5) is 45.6. The van der Waals surface area contributed by atoms with Crippen LogP contribution in [0.3, 0.4) is 0 Å². The summed E-state index contributed by atoms with van der Waals surface area (Å²) in [6.07, 6.45) is 5.09. The molecular weight excluding hydrogens is 543 g/mol. The summed E-state index contributed by atoms with van der Waals surface area (Å²) in [6, 6.07) is 12.3. The molecule has 0 aliphatic carbocycles. The number of ether oxygens (including phenoxy) is 1. The molecule has 0 spiro atoms. The fourth-order valence-corrected chi connectivity index (χ4v) is 5.44. The minimum absolute atomic E-state index is 0. The standard InChI is InChI=1S/C31H35FN4O4.H2S/c1-31(2,3)40-30(39)35-12-4-5-20(18-35)16-34-29(38)26-9-7-21(14-27(26)32)24-15-28(37)36(19-24)25-8-6-23-17-33-11-10-22(23)13-25;/h6-11,13-14,17,20,24H,4-5,12,15-16,18-19H2,1-3H3,(H,34,38);1H2/t20-,24?;/m0./s1. The number of benzene rings is 2. The molecule has 2 fully saturated rings. The summed E-state index contributed by atoms with van der Waals surface area (Å²) in [5.41, 5.74) is 0.888. The van der Waals surface area contributed by atoms with Crippen LogP contribution in [-0.2, 0) is 9.53 Å². The molecule has 0 radical (unpaired) electrons. The highest BCUT2D eigenvalue weighted by Gasteiger charge is 2.33. The van der Waals surface area contributed by atoms with Crippen LogP contribution in [0, 0.1) is 11.7 Å². The van der Waals surface area contributed by atoms with Crippen LogP contribution >= 0.6 is 13.5 Å². The molecule has 0 saturated carbocycles. The number of hydrogen-bond donors (Lipinski definition) is 1. The highest BCUT2D eigenvalue weighted by atomic mass is 32.1. The van der Waals surface area contributed by atoms with Crippen molar-refractivity contribution in [2.24, 2.45) is 5.92 Å². The average molecular weight is 581 g/mol. The fraction of sp³-hybridized carbons (Fsp3) is 0.419. The predicted octanol–water partition coefficient (Wildman–Crippen LogP) is 5.38. The van der Waals surface area contributed by atoms with Gasteiger partial charge in [0.25, 0.3) is 5.91 Å². The van der Waals surface area contributed by atoms with Crippen molar-refractivity contribution in [2.75, 3.05) is 31.1 Å². The Morgan fingerprint density at radius 2 is 1.90 bits per heavy atom. The van der Waals surface area contributed by atoms with E-state index >= 15 is 4.39 Å². The molecule has 5 rings (SSSR count). The lowest BCUT2D eigenvalue weighted by Crippen LogP contribution is -2.45. The summed E-state index contributed by atoms with van der Waals surface area (Å²) >= 11 is 0. The molecule has 2 aromatic carbocycles. The molecule has 2 atom stereocenters. The van der Waals surface area contributed by atoms with E-state index in [1.165, 1.54) is 12.1 Å². The Balaban J connectivity index is 0.00000387. The van der Waals surface area contributed by atoms with Crippen molar-refractivity contribution in [3.8, 4) is 0 Å². The lowest BCUT2D eigenvalue weighted by Gasteiger charge is -2.34. The number of fused-ring (bicyclic) bond motifs is 1. The predicted molar refractivity (Wildman–Crippen MR) is 161 cm³/mol. The SMILES string of the molecule is CC(C)(C)OC(=O)N1CCC[C@@H](CNC(=O)c2ccc(C3CC(=O)N(c4ccc5cnccc5c4)C3)cc2F)C1.S. The number of rotatable bonds is 5. The second-order valence-corrected chi connectivity index (χ2v) is 11.7. The summed E-state index contributed by atoms with van der Waals surface area (Å²) in [5, 5.41) is 4.82. The van der Waals surface area contributed by atoms with Crippen LogP contribution in [0.4, 0.5) is 14.9 Å². The molecule has 218 valence electrons. The van der Waals surface area contributed by atoms with Crippen molar-refractivity contribution in [2.45, 2.75) is 51.6 Å². The van der Waals surface area contributed by atoms with Crippen LogP contribution < -0.4 is 10.2 Å². The molecule has 2 aliphatic rings. The van der Waals surface area contributed by atoms with Crippen molar-refractivity contribution in [1.82, 2.24) is 15.2 Å². The zero-order valence-electron chi connectivity index (χ0n) is 23.7. The number of carbonyl (C=O) groups excluding carboxylic acids is 3. The summed E-state index contributed by atoms with van der Waals surface area (Å²) in [5.74, 6) is -1.23. The minimum Gasteiger partial charge on any atom is -0.444 e. The average Bonchev–Trinajstić information content (AvgIpc) is 3.32. The maximum atomic E-state index is 15.1. The van der Waals surface area contributed by atoms with Gasteiger partial charge in [-0.3, -0.25) is 14.6 Å². The maximum absolute atomic E-state index is 15.1. The van der Waals surface area contributed by atoms with Gasteiger partial charge in [-0.1, -0.05) is 12.1 Å². The molecule has 1 aromatic heterocycles. The van der Waals surface area contributed by atoms with Crippen molar-refractivity contribution < 1.29 is 23.5 Å². The van der Waals surface area contributed by atoms with E-state index in [9.17, 15) is 14.4 Å². The normalized spacial score (nSPS) is 19.2. The van der Waals surface area contributed by atoms with E-state index in [1.807, 2.05) is 45.0 Å². The van der Waals surface area contributed by atoms with Gasteiger partial charge in [-0.25, -0.2) is 9.18 Å². The Morgan fingerprint density at radius 3 is 2.66 bits per heavy atom. The third kappa shape index (κ3) is 7.16. The number of halogens is 1. The lowest BCUT2D eigenvalue weighted by atomic mass is 9.96. The van der Waals surface area contributed by atoms with E-state index in [0.717, 1.165) is 29.3 Å². The molecule has 1 unspecified atom stereocenters. The monoisotopic (exact) mass is 580 g/mol. The molecule has 41 heavy (non-hydrogen) atoms. The van der Waals surface area contributed by atoms with Crippen molar-refractivity contribution in [3.05, 3.63) is 71.8 Å². The van der Waals surface area contributed by atoms with E-state index in [0.29, 0.717) is 31.7 Å². The molecule has 0 bridgehead atoms. The van der Waals surface area contributed by atoms with Crippen molar-refractivity contribution in [3.63, 3.8) is 0 Å². The number of amides is 3. The summed E-state index contributed by atoms with van der Waals surface area (Å²) < 4.78 is 20.6. The van der Waals surface area contributed by atoms with Crippen LogP contribution in [0.2, 0.25) is 0 Å². The van der Waals surface area contributed by atoms with Gasteiger partial charge >= 0.3 is 6.09 Å². The largest absolute Gasteiger partial charge is 0.444 e. The van der Waals surface area contributed by atoms with Crippen LogP contribution in [0.5, 0.6) is 0 Å². The summed E-state index contributed by atoms with van der Waals surface area (Å²) in [6.45, 7) is 7.37. The van der Waals surface area contributed by atoms with E-state index < -0.39 is 17.3 Å². The number of hydrogen-bond acceptors (Lipinski definition) is 5. The van der Waals surface area contributed by atoms with Gasteiger partial charge < -0.3 is 19.9 Å². The van der Waals surface area contributed by atoms with Gasteiger partial charge in [0.1, 0.15) is 11.4 Å². The van der Waals surface area contributed by atoms with Gasteiger partial charge in [0.2, 0.25) is 5.91 Å². The Bertz CT molecular complexity index is 1440. The van der Waals surface area contributed by atoms with E-state index in [2.05, 4.69) is 10.3 Å². The van der Waals surface area contributed by atoms with Crippen molar-refractivity contribution in [1.29, 1.82) is 0 Å². The quantitative estimate of drug-likeness (QED) is 0.437. The number of nitrogens with one attached hydrogen (secondary N) is 1. The van der Waals surface area contributed by atoms with E-state index in [1.54, 1.807) is 28.3 Å². The Hall–Kier alpha value is -3.66. The first-order chi connectivity index (χ1) is 19.1.